The first-order valence-corrected chi connectivity index (χ1v) is 7.75. The number of nitrogens with zero attached hydrogens (tertiary/aromatic N) is 1. The SMILES string of the molecule is CCOC1(c2nc(CCl)cc(=O)[nH]2)CCC(C)(C)CC1. The lowest BCUT2D eigenvalue weighted by Gasteiger charge is -2.42. The summed E-state index contributed by atoms with van der Waals surface area (Å²) in [7, 11) is 0. The molecule has 0 unspecified atom stereocenters. The predicted octanol–water partition coefficient (Wildman–Crippen LogP) is 3.34. The van der Waals surface area contributed by atoms with Gasteiger partial charge in [0.25, 0.3) is 5.56 Å². The number of rotatable bonds is 4. The summed E-state index contributed by atoms with van der Waals surface area (Å²) in [5, 5.41) is 0. The monoisotopic (exact) mass is 298 g/mol. The first kappa shape index (κ1) is 15.5. The Morgan fingerprint density at radius 2 is 2.00 bits per heavy atom. The Balaban J connectivity index is 2.38. The number of alkyl halides is 1. The van der Waals surface area contributed by atoms with Crippen LogP contribution >= 0.6 is 11.6 Å². The van der Waals surface area contributed by atoms with Gasteiger partial charge in [-0.3, -0.25) is 4.79 Å². The molecule has 1 heterocycles. The Labute approximate surface area is 124 Å². The molecule has 0 radical (unpaired) electrons. The van der Waals surface area contributed by atoms with Crippen molar-refractivity contribution in [1.29, 1.82) is 0 Å². The molecule has 4 nitrogen and oxygen atoms in total. The average Bonchev–Trinajstić information content (AvgIpc) is 2.41. The molecule has 1 aromatic rings. The average molecular weight is 299 g/mol. The van der Waals surface area contributed by atoms with E-state index in [1.807, 2.05) is 6.92 Å². The molecule has 1 saturated carbocycles. The Morgan fingerprint density at radius 1 is 1.35 bits per heavy atom. The van der Waals surface area contributed by atoms with E-state index in [9.17, 15) is 4.79 Å². The van der Waals surface area contributed by atoms with Crippen LogP contribution in [0.2, 0.25) is 0 Å². The molecule has 0 amide bonds. The molecule has 0 aliphatic heterocycles. The number of halogens is 1. The highest BCUT2D eigenvalue weighted by atomic mass is 35.5. The first-order chi connectivity index (χ1) is 9.41. The van der Waals surface area contributed by atoms with Crippen LogP contribution in [0.15, 0.2) is 10.9 Å². The minimum Gasteiger partial charge on any atom is -0.367 e. The van der Waals surface area contributed by atoms with Crippen LogP contribution in [0.1, 0.15) is 58.0 Å². The molecule has 1 N–H and O–H groups in total. The summed E-state index contributed by atoms with van der Waals surface area (Å²) in [5.41, 5.74) is 0.306. The molecule has 1 aliphatic rings. The molecular formula is C15H23ClN2O2. The zero-order valence-electron chi connectivity index (χ0n) is 12.5. The lowest BCUT2D eigenvalue weighted by atomic mass is 9.70. The van der Waals surface area contributed by atoms with Crippen molar-refractivity contribution >= 4 is 11.6 Å². The van der Waals surface area contributed by atoms with Gasteiger partial charge in [0, 0.05) is 12.7 Å². The standard InChI is InChI=1S/C15H23ClN2O2/c1-4-20-15(7-5-14(2,3)6-8-15)13-17-11(10-16)9-12(19)18-13/h9H,4-8,10H2,1-3H3,(H,17,18,19). The maximum absolute atomic E-state index is 11.8. The number of aromatic amines is 1. The molecule has 5 heteroatoms. The van der Waals surface area contributed by atoms with E-state index in [4.69, 9.17) is 16.3 Å². The van der Waals surface area contributed by atoms with Gasteiger partial charge in [-0.2, -0.15) is 0 Å². The summed E-state index contributed by atoms with van der Waals surface area (Å²) in [6.45, 7) is 7.13. The van der Waals surface area contributed by atoms with E-state index >= 15 is 0 Å². The van der Waals surface area contributed by atoms with Crippen LogP contribution in [0, 0.1) is 5.41 Å². The summed E-state index contributed by atoms with van der Waals surface area (Å²) in [5.74, 6) is 0.878. The van der Waals surface area contributed by atoms with E-state index < -0.39 is 5.60 Å². The summed E-state index contributed by atoms with van der Waals surface area (Å²) in [4.78, 5) is 19.1. The van der Waals surface area contributed by atoms with Crippen molar-refractivity contribution in [3.8, 4) is 0 Å². The smallest absolute Gasteiger partial charge is 0.251 e. The third-order valence-electron chi connectivity index (χ3n) is 4.20. The number of aromatic nitrogens is 2. The zero-order chi connectivity index (χ0) is 14.8. The Kier molecular flexibility index (Phi) is 4.55. The van der Waals surface area contributed by atoms with E-state index in [-0.39, 0.29) is 11.4 Å². The molecule has 0 bridgehead atoms. The van der Waals surface area contributed by atoms with Crippen molar-refractivity contribution in [3.05, 3.63) is 27.9 Å². The minimum absolute atomic E-state index is 0.158. The number of ether oxygens (including phenoxy) is 1. The molecule has 1 aliphatic carbocycles. The van der Waals surface area contributed by atoms with Crippen LogP contribution in [-0.4, -0.2) is 16.6 Å². The largest absolute Gasteiger partial charge is 0.367 e. The fraction of sp³-hybridized carbons (Fsp3) is 0.733. The Bertz CT molecular complexity index is 515. The maximum Gasteiger partial charge on any atom is 0.251 e. The van der Waals surface area contributed by atoms with Gasteiger partial charge in [0.2, 0.25) is 0 Å². The van der Waals surface area contributed by atoms with Gasteiger partial charge in [0.15, 0.2) is 0 Å². The van der Waals surface area contributed by atoms with Gasteiger partial charge in [0.1, 0.15) is 11.4 Å². The molecule has 1 fully saturated rings. The van der Waals surface area contributed by atoms with Crippen LogP contribution in [-0.2, 0) is 16.2 Å². The van der Waals surface area contributed by atoms with E-state index in [0.717, 1.165) is 25.7 Å². The van der Waals surface area contributed by atoms with Crippen LogP contribution < -0.4 is 5.56 Å². The lowest BCUT2D eigenvalue weighted by molar-refractivity contribution is -0.0950. The summed E-state index contributed by atoms with van der Waals surface area (Å²) in [6, 6.07) is 1.45. The first-order valence-electron chi connectivity index (χ1n) is 7.21. The molecule has 0 aromatic carbocycles. The van der Waals surface area contributed by atoms with Crippen LogP contribution in [0.4, 0.5) is 0 Å². The third-order valence-corrected chi connectivity index (χ3v) is 4.47. The van der Waals surface area contributed by atoms with Crippen molar-refractivity contribution in [3.63, 3.8) is 0 Å². The number of H-pyrrole nitrogens is 1. The molecule has 0 atom stereocenters. The van der Waals surface area contributed by atoms with E-state index in [2.05, 4.69) is 23.8 Å². The quantitative estimate of drug-likeness (QED) is 0.867. The van der Waals surface area contributed by atoms with E-state index in [1.165, 1.54) is 6.07 Å². The second kappa shape index (κ2) is 5.86. The highest BCUT2D eigenvalue weighted by Gasteiger charge is 2.42. The van der Waals surface area contributed by atoms with Crippen LogP contribution in [0.25, 0.3) is 0 Å². The molecular weight excluding hydrogens is 276 g/mol. The highest BCUT2D eigenvalue weighted by molar-refractivity contribution is 6.16. The van der Waals surface area contributed by atoms with Crippen molar-refractivity contribution < 1.29 is 4.74 Å². The molecule has 0 saturated heterocycles. The number of nitrogens with one attached hydrogen (secondary N) is 1. The van der Waals surface area contributed by atoms with E-state index in [0.29, 0.717) is 23.5 Å². The van der Waals surface area contributed by atoms with E-state index in [1.54, 1.807) is 0 Å². The van der Waals surface area contributed by atoms with Crippen molar-refractivity contribution in [1.82, 2.24) is 9.97 Å². The minimum atomic E-state index is -0.467. The van der Waals surface area contributed by atoms with Crippen molar-refractivity contribution in [2.75, 3.05) is 6.61 Å². The van der Waals surface area contributed by atoms with Gasteiger partial charge >= 0.3 is 0 Å². The number of hydrogen-bond acceptors (Lipinski definition) is 3. The highest BCUT2D eigenvalue weighted by Crippen LogP contribution is 2.46. The summed E-state index contributed by atoms with van der Waals surface area (Å²) >= 11 is 5.82. The molecule has 2 rings (SSSR count). The van der Waals surface area contributed by atoms with Gasteiger partial charge < -0.3 is 9.72 Å². The second-order valence-corrected chi connectivity index (χ2v) is 6.58. The van der Waals surface area contributed by atoms with Gasteiger partial charge in [-0.05, 0) is 38.0 Å². The third kappa shape index (κ3) is 3.23. The van der Waals surface area contributed by atoms with Crippen LogP contribution in [0.5, 0.6) is 0 Å². The molecule has 112 valence electrons. The van der Waals surface area contributed by atoms with Gasteiger partial charge in [-0.25, -0.2) is 4.98 Å². The topological polar surface area (TPSA) is 55.0 Å². The fourth-order valence-corrected chi connectivity index (χ4v) is 2.99. The molecule has 20 heavy (non-hydrogen) atoms. The zero-order valence-corrected chi connectivity index (χ0v) is 13.2. The summed E-state index contributed by atoms with van der Waals surface area (Å²) < 4.78 is 6.03. The number of hydrogen-bond donors (Lipinski definition) is 1. The molecule has 1 aromatic heterocycles. The Hall–Kier alpha value is -0.870. The van der Waals surface area contributed by atoms with Crippen molar-refractivity contribution in [2.45, 2.75) is 57.9 Å². The van der Waals surface area contributed by atoms with Gasteiger partial charge in [0.05, 0.1) is 11.6 Å². The Morgan fingerprint density at radius 3 is 2.55 bits per heavy atom. The predicted molar refractivity (Wildman–Crippen MR) is 80.0 cm³/mol. The summed E-state index contributed by atoms with van der Waals surface area (Å²) in [6.07, 6.45) is 3.87. The van der Waals surface area contributed by atoms with Crippen LogP contribution in [0.3, 0.4) is 0 Å². The van der Waals surface area contributed by atoms with Gasteiger partial charge in [-0.15, -0.1) is 11.6 Å². The lowest BCUT2D eigenvalue weighted by Crippen LogP contribution is -2.40. The van der Waals surface area contributed by atoms with Gasteiger partial charge in [-0.1, -0.05) is 13.8 Å². The fourth-order valence-electron chi connectivity index (χ4n) is 2.85. The molecule has 0 spiro atoms. The second-order valence-electron chi connectivity index (χ2n) is 6.31. The normalized spacial score (nSPS) is 20.8. The van der Waals surface area contributed by atoms with Crippen molar-refractivity contribution in [2.24, 2.45) is 5.41 Å². The maximum atomic E-state index is 11.8.